The molecule has 3 N–H and O–H groups in total. The molecule has 0 heterocycles. The van der Waals surface area contributed by atoms with Crippen molar-refractivity contribution in [1.29, 1.82) is 0 Å². The summed E-state index contributed by atoms with van der Waals surface area (Å²) in [6, 6.07) is 4.37. The fourth-order valence-electron chi connectivity index (χ4n) is 2.62. The van der Waals surface area contributed by atoms with E-state index in [4.69, 9.17) is 0 Å². The Morgan fingerprint density at radius 1 is 1.28 bits per heavy atom. The largest absolute Gasteiger partial charge is 0.507 e. The van der Waals surface area contributed by atoms with Gasteiger partial charge in [0.05, 0.1) is 0 Å². The summed E-state index contributed by atoms with van der Waals surface area (Å²) < 4.78 is 0. The molecule has 0 aromatic heterocycles. The molecule has 1 saturated carbocycles. The van der Waals surface area contributed by atoms with Gasteiger partial charge in [-0.25, -0.2) is 0 Å². The van der Waals surface area contributed by atoms with Gasteiger partial charge in [-0.3, -0.25) is 4.79 Å². The molecule has 1 aromatic rings. The highest BCUT2D eigenvalue weighted by Crippen LogP contribution is 2.29. The van der Waals surface area contributed by atoms with E-state index in [9.17, 15) is 15.0 Å². The summed E-state index contributed by atoms with van der Waals surface area (Å²) in [5, 5.41) is 22.1. The molecule has 1 amide bonds. The quantitative estimate of drug-likeness (QED) is 0.770. The minimum absolute atomic E-state index is 0.0395. The number of benzene rings is 1. The van der Waals surface area contributed by atoms with Crippen LogP contribution < -0.4 is 5.32 Å². The van der Waals surface area contributed by atoms with Gasteiger partial charge in [0.25, 0.3) is 5.91 Å². The number of nitrogens with one attached hydrogen (secondary N) is 1. The van der Waals surface area contributed by atoms with Crippen LogP contribution in [0.25, 0.3) is 0 Å². The molecule has 1 fully saturated rings. The molecule has 0 bridgehead atoms. The van der Waals surface area contributed by atoms with E-state index in [-0.39, 0.29) is 23.1 Å². The average molecular weight is 249 g/mol. The van der Waals surface area contributed by atoms with E-state index < -0.39 is 5.91 Å². The molecule has 1 aliphatic rings. The summed E-state index contributed by atoms with van der Waals surface area (Å²) in [6.07, 6.45) is 4.70. The van der Waals surface area contributed by atoms with Gasteiger partial charge in [0.15, 0.2) is 0 Å². The van der Waals surface area contributed by atoms with Crippen molar-refractivity contribution in [3.8, 4) is 11.5 Å². The Hall–Kier alpha value is -1.71. The molecular formula is C14H19NO3. The molecule has 2 rings (SSSR count). The van der Waals surface area contributed by atoms with Crippen LogP contribution in [0, 0.1) is 5.92 Å². The number of aromatic hydroxyl groups is 2. The van der Waals surface area contributed by atoms with Crippen LogP contribution in [-0.4, -0.2) is 22.2 Å². The maximum atomic E-state index is 12.0. The smallest absolute Gasteiger partial charge is 0.259 e. The minimum atomic E-state index is -0.412. The maximum absolute atomic E-state index is 12.0. The second-order valence-corrected chi connectivity index (χ2v) is 4.98. The molecule has 0 saturated heterocycles. The van der Waals surface area contributed by atoms with Gasteiger partial charge in [0.1, 0.15) is 17.1 Å². The van der Waals surface area contributed by atoms with Crippen LogP contribution in [0.1, 0.15) is 43.0 Å². The lowest BCUT2D eigenvalue weighted by molar-refractivity contribution is 0.0921. The Bertz CT molecular complexity index is 418. The van der Waals surface area contributed by atoms with E-state index in [1.807, 2.05) is 6.92 Å². The molecule has 98 valence electrons. The number of amides is 1. The standard InChI is InChI=1S/C14H19NO3/c1-9(10-5-2-3-6-10)15-14(18)13-11(16)7-4-8-12(13)17/h4,7-10,16-17H,2-3,5-6H2,1H3,(H,15,18). The van der Waals surface area contributed by atoms with Gasteiger partial charge >= 0.3 is 0 Å². The zero-order valence-corrected chi connectivity index (χ0v) is 10.5. The molecule has 1 aliphatic carbocycles. The van der Waals surface area contributed by atoms with Crippen molar-refractivity contribution in [2.24, 2.45) is 5.92 Å². The van der Waals surface area contributed by atoms with E-state index in [2.05, 4.69) is 5.32 Å². The number of hydrogen-bond donors (Lipinski definition) is 3. The summed E-state index contributed by atoms with van der Waals surface area (Å²) in [6.45, 7) is 1.98. The van der Waals surface area contributed by atoms with Crippen molar-refractivity contribution in [2.45, 2.75) is 38.6 Å². The van der Waals surface area contributed by atoms with Gasteiger partial charge in [-0.2, -0.15) is 0 Å². The highest BCUT2D eigenvalue weighted by molar-refractivity contribution is 5.99. The van der Waals surface area contributed by atoms with Gasteiger partial charge in [-0.1, -0.05) is 18.9 Å². The maximum Gasteiger partial charge on any atom is 0.259 e. The van der Waals surface area contributed by atoms with Crippen molar-refractivity contribution in [3.63, 3.8) is 0 Å². The molecule has 0 spiro atoms. The van der Waals surface area contributed by atoms with E-state index >= 15 is 0 Å². The van der Waals surface area contributed by atoms with E-state index in [1.165, 1.54) is 31.0 Å². The van der Waals surface area contributed by atoms with Crippen LogP contribution in [0.3, 0.4) is 0 Å². The lowest BCUT2D eigenvalue weighted by Gasteiger charge is -2.20. The lowest BCUT2D eigenvalue weighted by atomic mass is 9.99. The molecule has 4 heteroatoms. The van der Waals surface area contributed by atoms with Gasteiger partial charge in [0.2, 0.25) is 0 Å². The summed E-state index contributed by atoms with van der Waals surface area (Å²) in [5.74, 6) is -0.288. The first kappa shape index (κ1) is 12.7. The SMILES string of the molecule is CC(NC(=O)c1c(O)cccc1O)C1CCCC1. The second kappa shape index (κ2) is 5.29. The molecule has 1 aromatic carbocycles. The second-order valence-electron chi connectivity index (χ2n) is 4.98. The zero-order chi connectivity index (χ0) is 13.1. The van der Waals surface area contributed by atoms with Crippen molar-refractivity contribution < 1.29 is 15.0 Å². The molecule has 0 aliphatic heterocycles. The van der Waals surface area contributed by atoms with Crippen LogP contribution >= 0.6 is 0 Å². The van der Waals surface area contributed by atoms with Crippen molar-refractivity contribution in [2.75, 3.05) is 0 Å². The van der Waals surface area contributed by atoms with Crippen LogP contribution in [0.15, 0.2) is 18.2 Å². The molecule has 18 heavy (non-hydrogen) atoms. The Balaban J connectivity index is 2.07. The van der Waals surface area contributed by atoms with Crippen LogP contribution in [-0.2, 0) is 0 Å². The first-order valence-electron chi connectivity index (χ1n) is 6.41. The monoisotopic (exact) mass is 249 g/mol. The van der Waals surface area contributed by atoms with E-state index in [0.29, 0.717) is 5.92 Å². The molecule has 0 radical (unpaired) electrons. The zero-order valence-electron chi connectivity index (χ0n) is 10.5. The molecule has 1 unspecified atom stereocenters. The first-order chi connectivity index (χ1) is 8.59. The van der Waals surface area contributed by atoms with Crippen molar-refractivity contribution in [1.82, 2.24) is 5.32 Å². The number of carbonyl (C=O) groups is 1. The number of phenolic OH excluding ortho intramolecular Hbond substituents is 2. The third-order valence-electron chi connectivity index (χ3n) is 3.71. The Morgan fingerprint density at radius 2 is 1.83 bits per heavy atom. The first-order valence-corrected chi connectivity index (χ1v) is 6.41. The Labute approximate surface area is 107 Å². The fraction of sp³-hybridized carbons (Fsp3) is 0.500. The Morgan fingerprint density at radius 3 is 2.39 bits per heavy atom. The topological polar surface area (TPSA) is 69.6 Å². The molecule has 1 atom stereocenters. The highest BCUT2D eigenvalue weighted by atomic mass is 16.3. The van der Waals surface area contributed by atoms with Crippen LogP contribution in [0.2, 0.25) is 0 Å². The van der Waals surface area contributed by atoms with Gasteiger partial charge in [-0.05, 0) is 37.8 Å². The van der Waals surface area contributed by atoms with E-state index in [0.717, 1.165) is 12.8 Å². The normalized spacial score (nSPS) is 17.6. The third kappa shape index (κ3) is 2.58. The van der Waals surface area contributed by atoms with Gasteiger partial charge in [0, 0.05) is 6.04 Å². The van der Waals surface area contributed by atoms with E-state index in [1.54, 1.807) is 0 Å². The van der Waals surface area contributed by atoms with Crippen molar-refractivity contribution in [3.05, 3.63) is 23.8 Å². The average Bonchev–Trinajstić information content (AvgIpc) is 2.81. The number of carbonyl (C=O) groups excluding carboxylic acids is 1. The van der Waals surface area contributed by atoms with Crippen molar-refractivity contribution >= 4 is 5.91 Å². The predicted molar refractivity (Wildman–Crippen MR) is 68.7 cm³/mol. The summed E-state index contributed by atoms with van der Waals surface area (Å²) in [5.41, 5.74) is -0.0395. The highest BCUT2D eigenvalue weighted by Gasteiger charge is 2.25. The predicted octanol–water partition coefficient (Wildman–Crippen LogP) is 2.41. The van der Waals surface area contributed by atoms with Crippen LogP contribution in [0.4, 0.5) is 0 Å². The number of hydrogen-bond acceptors (Lipinski definition) is 3. The van der Waals surface area contributed by atoms with Crippen LogP contribution in [0.5, 0.6) is 11.5 Å². The summed E-state index contributed by atoms with van der Waals surface area (Å²) >= 11 is 0. The number of phenols is 2. The van der Waals surface area contributed by atoms with Gasteiger partial charge < -0.3 is 15.5 Å². The number of rotatable bonds is 3. The molecule has 4 nitrogen and oxygen atoms in total. The fourth-order valence-corrected chi connectivity index (χ4v) is 2.62. The lowest BCUT2D eigenvalue weighted by Crippen LogP contribution is -2.37. The summed E-state index contributed by atoms with van der Waals surface area (Å²) in [4.78, 5) is 12.0. The molecular weight excluding hydrogens is 230 g/mol. The third-order valence-corrected chi connectivity index (χ3v) is 3.71. The Kier molecular flexibility index (Phi) is 3.75. The van der Waals surface area contributed by atoms with Gasteiger partial charge in [-0.15, -0.1) is 0 Å². The minimum Gasteiger partial charge on any atom is -0.507 e. The summed E-state index contributed by atoms with van der Waals surface area (Å²) in [7, 11) is 0.